The summed E-state index contributed by atoms with van der Waals surface area (Å²) in [4.78, 5) is 11.7. The van der Waals surface area contributed by atoms with Gasteiger partial charge in [0.05, 0.1) is 17.8 Å². The molecule has 0 heterocycles. The summed E-state index contributed by atoms with van der Waals surface area (Å²) in [6.45, 7) is 3.68. The number of rotatable bonds is 4. The van der Waals surface area contributed by atoms with Crippen LogP contribution in [0.1, 0.15) is 49.9 Å². The number of aliphatic hydroxyl groups is 1. The molecule has 20 heavy (non-hydrogen) atoms. The van der Waals surface area contributed by atoms with Crippen molar-refractivity contribution in [2.45, 2.75) is 57.8 Å². The monoisotopic (exact) mass is 277 g/mol. The highest BCUT2D eigenvalue weighted by atomic mass is 16.5. The van der Waals surface area contributed by atoms with E-state index in [9.17, 15) is 9.90 Å². The summed E-state index contributed by atoms with van der Waals surface area (Å²) in [5.74, 6) is -0.285. The first-order chi connectivity index (χ1) is 9.54. The van der Waals surface area contributed by atoms with Gasteiger partial charge in [-0.2, -0.15) is 0 Å². The van der Waals surface area contributed by atoms with Crippen LogP contribution in [0.2, 0.25) is 0 Å². The van der Waals surface area contributed by atoms with Crippen LogP contribution in [0.25, 0.3) is 0 Å². The molecule has 2 rings (SSSR count). The lowest BCUT2D eigenvalue weighted by molar-refractivity contribution is 0.0378. The highest BCUT2D eigenvalue weighted by Gasteiger charge is 2.19. The maximum Gasteiger partial charge on any atom is 0.338 e. The van der Waals surface area contributed by atoms with E-state index in [0.29, 0.717) is 11.6 Å². The first kappa shape index (κ1) is 14.9. The molecule has 0 aromatic heterocycles. The van der Waals surface area contributed by atoms with Gasteiger partial charge >= 0.3 is 5.97 Å². The highest BCUT2D eigenvalue weighted by Crippen LogP contribution is 2.22. The third-order valence-electron chi connectivity index (χ3n) is 3.53. The number of aliphatic hydroxyl groups excluding tert-OH is 1. The molecule has 4 nitrogen and oxygen atoms in total. The molecule has 0 amide bonds. The Labute approximate surface area is 120 Å². The molecular formula is C16H23NO3. The lowest BCUT2D eigenvalue weighted by Crippen LogP contribution is -2.28. The van der Waals surface area contributed by atoms with Gasteiger partial charge in [-0.3, -0.25) is 0 Å². The number of carbonyl (C=O) groups is 1. The molecule has 1 aliphatic rings. The van der Waals surface area contributed by atoms with Crippen molar-refractivity contribution in [3.63, 3.8) is 0 Å². The van der Waals surface area contributed by atoms with Gasteiger partial charge < -0.3 is 15.2 Å². The summed E-state index contributed by atoms with van der Waals surface area (Å²) < 4.78 is 5.15. The maximum absolute atomic E-state index is 11.7. The van der Waals surface area contributed by atoms with Crippen molar-refractivity contribution < 1.29 is 14.6 Å². The number of nitrogens with one attached hydrogen (secondary N) is 1. The van der Waals surface area contributed by atoms with Crippen LogP contribution in [0.15, 0.2) is 24.3 Å². The Bertz CT molecular complexity index is 434. The van der Waals surface area contributed by atoms with Crippen LogP contribution >= 0.6 is 0 Å². The fourth-order valence-corrected chi connectivity index (χ4v) is 2.44. The van der Waals surface area contributed by atoms with Crippen molar-refractivity contribution in [1.82, 2.24) is 0 Å². The molecule has 1 saturated carbocycles. The molecular weight excluding hydrogens is 254 g/mol. The first-order valence-electron chi connectivity index (χ1n) is 7.30. The molecule has 0 atom stereocenters. The molecule has 1 aliphatic carbocycles. The largest absolute Gasteiger partial charge is 0.459 e. The summed E-state index contributed by atoms with van der Waals surface area (Å²) in [6.07, 6.45) is 3.44. The van der Waals surface area contributed by atoms with Crippen molar-refractivity contribution in [3.8, 4) is 0 Å². The third-order valence-corrected chi connectivity index (χ3v) is 3.53. The Morgan fingerprint density at radius 1 is 1.20 bits per heavy atom. The quantitative estimate of drug-likeness (QED) is 0.831. The normalized spacial score (nSPS) is 22.6. The molecule has 1 aromatic rings. The minimum absolute atomic E-state index is 0.103. The molecule has 0 unspecified atom stereocenters. The van der Waals surface area contributed by atoms with E-state index in [1.54, 1.807) is 12.1 Å². The molecule has 1 aromatic carbocycles. The molecule has 0 aliphatic heterocycles. The smallest absolute Gasteiger partial charge is 0.338 e. The molecule has 4 heteroatoms. The van der Waals surface area contributed by atoms with Crippen LogP contribution in [0, 0.1) is 0 Å². The van der Waals surface area contributed by atoms with Crippen molar-refractivity contribution in [3.05, 3.63) is 29.8 Å². The number of ether oxygens (including phenoxy) is 1. The minimum Gasteiger partial charge on any atom is -0.459 e. The van der Waals surface area contributed by atoms with E-state index >= 15 is 0 Å². The Hall–Kier alpha value is -1.55. The van der Waals surface area contributed by atoms with E-state index in [-0.39, 0.29) is 18.2 Å². The summed E-state index contributed by atoms with van der Waals surface area (Å²) in [5, 5.41) is 12.9. The van der Waals surface area contributed by atoms with Gasteiger partial charge in [-0.05, 0) is 63.8 Å². The topological polar surface area (TPSA) is 58.6 Å². The van der Waals surface area contributed by atoms with Gasteiger partial charge in [0.25, 0.3) is 0 Å². The SMILES string of the molecule is CC(C)OC(=O)c1ccc(NC2CCC(O)CC2)cc1. The van der Waals surface area contributed by atoms with Crippen molar-refractivity contribution >= 4 is 11.7 Å². The van der Waals surface area contributed by atoms with E-state index in [1.165, 1.54) is 0 Å². The van der Waals surface area contributed by atoms with E-state index < -0.39 is 0 Å². The molecule has 0 bridgehead atoms. The predicted octanol–water partition coefficient (Wildman–Crippen LogP) is 2.97. The van der Waals surface area contributed by atoms with Gasteiger partial charge in [-0.25, -0.2) is 4.79 Å². The van der Waals surface area contributed by atoms with E-state index in [4.69, 9.17) is 4.74 Å². The maximum atomic E-state index is 11.7. The molecule has 110 valence electrons. The van der Waals surface area contributed by atoms with Crippen molar-refractivity contribution in [1.29, 1.82) is 0 Å². The zero-order valence-electron chi connectivity index (χ0n) is 12.1. The van der Waals surface area contributed by atoms with E-state index in [1.807, 2.05) is 26.0 Å². The van der Waals surface area contributed by atoms with Crippen molar-refractivity contribution in [2.75, 3.05) is 5.32 Å². The summed E-state index contributed by atoms with van der Waals surface area (Å²) in [6, 6.07) is 7.78. The highest BCUT2D eigenvalue weighted by molar-refractivity contribution is 5.89. The summed E-state index contributed by atoms with van der Waals surface area (Å²) >= 11 is 0. The van der Waals surface area contributed by atoms with Crippen LogP contribution < -0.4 is 5.32 Å². The van der Waals surface area contributed by atoms with Crippen LogP contribution in [0.4, 0.5) is 5.69 Å². The van der Waals surface area contributed by atoms with Crippen LogP contribution in [-0.2, 0) is 4.74 Å². The van der Waals surface area contributed by atoms with Gasteiger partial charge in [0.1, 0.15) is 0 Å². The van der Waals surface area contributed by atoms with Gasteiger partial charge in [0.2, 0.25) is 0 Å². The second kappa shape index (κ2) is 6.75. The average molecular weight is 277 g/mol. The van der Waals surface area contributed by atoms with Crippen LogP contribution in [-0.4, -0.2) is 29.3 Å². The van der Waals surface area contributed by atoms with Gasteiger partial charge in [-0.1, -0.05) is 0 Å². The number of esters is 1. The Morgan fingerprint density at radius 2 is 1.80 bits per heavy atom. The molecule has 0 radical (unpaired) electrons. The number of hydrogen-bond donors (Lipinski definition) is 2. The Morgan fingerprint density at radius 3 is 2.35 bits per heavy atom. The molecule has 0 spiro atoms. The molecule has 1 fully saturated rings. The van der Waals surface area contributed by atoms with Crippen molar-refractivity contribution in [2.24, 2.45) is 0 Å². The lowest BCUT2D eigenvalue weighted by atomic mass is 9.93. The standard InChI is InChI=1S/C16H23NO3/c1-11(2)20-16(19)12-3-5-13(6-4-12)17-14-7-9-15(18)10-8-14/h3-6,11,14-15,17-18H,7-10H2,1-2H3. The molecule has 0 saturated heterocycles. The van der Waals surface area contributed by atoms with Crippen LogP contribution in [0.5, 0.6) is 0 Å². The predicted molar refractivity (Wildman–Crippen MR) is 78.9 cm³/mol. The minimum atomic E-state index is -0.285. The zero-order valence-corrected chi connectivity index (χ0v) is 12.1. The van der Waals surface area contributed by atoms with Gasteiger partial charge in [0.15, 0.2) is 0 Å². The zero-order chi connectivity index (χ0) is 14.5. The molecule has 2 N–H and O–H groups in total. The van der Waals surface area contributed by atoms with Crippen LogP contribution in [0.3, 0.4) is 0 Å². The second-order valence-electron chi connectivity index (χ2n) is 5.68. The second-order valence-corrected chi connectivity index (χ2v) is 5.68. The summed E-state index contributed by atoms with van der Waals surface area (Å²) in [5.41, 5.74) is 1.58. The number of benzene rings is 1. The fourth-order valence-electron chi connectivity index (χ4n) is 2.44. The lowest BCUT2D eigenvalue weighted by Gasteiger charge is -2.27. The Kier molecular flexibility index (Phi) is 5.01. The third kappa shape index (κ3) is 4.23. The first-order valence-corrected chi connectivity index (χ1v) is 7.30. The Balaban J connectivity index is 1.90. The number of hydrogen-bond acceptors (Lipinski definition) is 4. The number of carbonyl (C=O) groups excluding carboxylic acids is 1. The van der Waals surface area contributed by atoms with Gasteiger partial charge in [-0.15, -0.1) is 0 Å². The summed E-state index contributed by atoms with van der Waals surface area (Å²) in [7, 11) is 0. The average Bonchev–Trinajstić information content (AvgIpc) is 2.41. The number of anilines is 1. The fraction of sp³-hybridized carbons (Fsp3) is 0.562. The van der Waals surface area contributed by atoms with E-state index in [0.717, 1.165) is 31.4 Å². The van der Waals surface area contributed by atoms with E-state index in [2.05, 4.69) is 5.32 Å². The van der Waals surface area contributed by atoms with Gasteiger partial charge in [0, 0.05) is 11.7 Å².